The summed E-state index contributed by atoms with van der Waals surface area (Å²) in [7, 11) is 0. The number of rotatable bonds is 1. The smallest absolute Gasteiger partial charge is 1.00 e. The number of nitrogens with zero attached hydrogens (tertiary/aromatic N) is 1. The maximum Gasteiger partial charge on any atom is 1.00 e. The van der Waals surface area contributed by atoms with Gasteiger partial charge in [-0.25, -0.2) is 4.79 Å². The predicted octanol–water partition coefficient (Wildman–Crippen LogP) is -6.36. The molecule has 0 saturated carbocycles. The Morgan fingerprint density at radius 2 is 0.946 bits per heavy atom. The van der Waals surface area contributed by atoms with Crippen molar-refractivity contribution in [2.24, 2.45) is 0 Å². The average Bonchev–Trinajstić information content (AvgIpc) is 2.76. The van der Waals surface area contributed by atoms with Crippen LogP contribution in [0.1, 0.15) is 7.13 Å². The Labute approximate surface area is 356 Å². The summed E-state index contributed by atoms with van der Waals surface area (Å²) < 4.78 is 0. The number of carbonyl (C=O) groups is 1. The molecule has 37 heavy (non-hydrogen) atoms. The summed E-state index contributed by atoms with van der Waals surface area (Å²) >= 11 is 27.9. The number of carboxylic acid groups (broad SMARTS) is 2. The van der Waals surface area contributed by atoms with E-state index in [2.05, 4.69) is 0 Å². The number of phenols is 2. The molecule has 0 amide bonds. The number of hydrogen-bond acceptors (Lipinski definition) is 5. The van der Waals surface area contributed by atoms with Crippen molar-refractivity contribution < 1.29 is 180 Å². The molecule has 6 N–H and O–H groups in total. The Bertz CT molecular complexity index is 1010. The summed E-state index contributed by atoms with van der Waals surface area (Å²) in [5, 5.41) is 32.5. The topological polar surface area (TPSA) is 160 Å². The van der Waals surface area contributed by atoms with Gasteiger partial charge < -0.3 is 27.6 Å². The molecule has 3 rings (SSSR count). The molecular formula is C19H20Cl5N3Na5O5+. The number of phenolic OH excluding ortho intramolecular Hbond substituents is 2. The maximum atomic E-state index is 9.56. The summed E-state index contributed by atoms with van der Waals surface area (Å²) in [6, 6.07) is 17.2. The first kappa shape index (κ1) is 52.0. The summed E-state index contributed by atoms with van der Waals surface area (Å²) in [6.45, 7) is 0. The van der Waals surface area contributed by atoms with Crippen LogP contribution in [0.5, 0.6) is 11.5 Å². The van der Waals surface area contributed by atoms with Crippen molar-refractivity contribution in [3.8, 4) is 22.6 Å². The van der Waals surface area contributed by atoms with Crippen LogP contribution in [0.15, 0.2) is 54.6 Å². The third-order valence-electron chi connectivity index (χ3n) is 3.18. The van der Waals surface area contributed by atoms with Crippen LogP contribution in [-0.2, 0) is 0 Å². The van der Waals surface area contributed by atoms with Gasteiger partial charge in [-0.3, -0.25) is 0 Å². The predicted molar refractivity (Wildman–Crippen MR) is 130 cm³/mol. The van der Waals surface area contributed by atoms with E-state index in [4.69, 9.17) is 84.1 Å². The molecule has 3 aromatic carbocycles. The van der Waals surface area contributed by atoms with Crippen LogP contribution >= 0.6 is 58.0 Å². The van der Waals surface area contributed by atoms with Crippen molar-refractivity contribution in [3.63, 3.8) is 0 Å². The standard InChI is InChI=1S/C12H10O.C6HCl5O.CH2O3.H2N3.5Na.5H/c13-12-9-5-4-8-11(12)10-6-2-1-3-7-10;7-1-2(8)4(10)6(12)5(11)3(1)9;2-1(3)4;1-3-2;;;;;;;;;;/h1-9,13H;12H;(H2,2,3,4);1-2H;;;;;;;;;;/q;;;6*+1;5*-1. The fraction of sp³-hybridized carbons (Fsp3) is 0. The monoisotopic (exact) mass is 660 g/mol. The minimum atomic E-state index is -1.83. The zero-order chi connectivity index (χ0) is 24.8. The van der Waals surface area contributed by atoms with E-state index in [1.807, 2.05) is 53.4 Å². The first-order valence-electron chi connectivity index (χ1n) is 7.98. The fourth-order valence-electron chi connectivity index (χ4n) is 1.93. The molecule has 0 radical (unpaired) electrons. The van der Waals surface area contributed by atoms with Gasteiger partial charge in [0.05, 0.1) is 15.1 Å². The number of benzene rings is 3. The largest absolute Gasteiger partial charge is 1.00 e. The van der Waals surface area contributed by atoms with Gasteiger partial charge in [0, 0.05) is 5.56 Å². The normalized spacial score (nSPS) is 7.70. The Kier molecular flexibility index (Phi) is 41.8. The van der Waals surface area contributed by atoms with E-state index in [0.29, 0.717) is 5.75 Å². The Hall–Kier alpha value is 2.29. The Morgan fingerprint density at radius 1 is 0.649 bits per heavy atom. The molecule has 0 fully saturated rings. The van der Waals surface area contributed by atoms with Crippen LogP contribution < -0.4 is 153 Å². The number of nitrogens with one attached hydrogen (secondary N) is 2. The molecule has 0 aliphatic rings. The molecule has 0 saturated heterocycles. The number of halogens is 5. The summed E-state index contributed by atoms with van der Waals surface area (Å²) in [6.07, 6.45) is -1.83. The zero-order valence-corrected chi connectivity index (χ0v) is 34.5. The van der Waals surface area contributed by atoms with E-state index in [0.717, 1.165) is 11.1 Å². The SMILES string of the molecule is N=[N+]=N.O=C(O)O.Oc1c(Cl)c(Cl)c(Cl)c(Cl)c1Cl.Oc1ccccc1-c1ccccc1.[H-].[H-].[H-].[H-].[H-].[Na+].[Na+].[Na+].[Na+].[Na+]. The number of hydrogen-bond donors (Lipinski definition) is 6. The quantitative estimate of drug-likeness (QED) is 0.0503. The maximum absolute atomic E-state index is 9.56. The van der Waals surface area contributed by atoms with Gasteiger partial charge in [-0.2, -0.15) is 0 Å². The van der Waals surface area contributed by atoms with Crippen molar-refractivity contribution in [3.05, 3.63) is 79.7 Å². The molecule has 0 spiro atoms. The van der Waals surface area contributed by atoms with Gasteiger partial charge in [-0.05, 0) is 11.6 Å². The first-order chi connectivity index (χ1) is 15.0. The molecule has 0 atom stereocenters. The van der Waals surface area contributed by atoms with Gasteiger partial charge in [-0.15, -0.1) is 0 Å². The molecule has 0 unspecified atom stereocenters. The van der Waals surface area contributed by atoms with Gasteiger partial charge in [0.2, 0.25) is 4.91 Å². The second-order valence-electron chi connectivity index (χ2n) is 5.20. The average molecular weight is 663 g/mol. The van der Waals surface area contributed by atoms with Crippen LogP contribution in [0.4, 0.5) is 4.79 Å². The van der Waals surface area contributed by atoms with Crippen molar-refractivity contribution in [1.29, 1.82) is 11.1 Å². The molecule has 0 heterocycles. The molecule has 0 aromatic heterocycles. The summed E-state index contributed by atoms with van der Waals surface area (Å²) in [4.78, 5) is 10.6. The molecule has 0 bridgehead atoms. The molecule has 8 nitrogen and oxygen atoms in total. The second-order valence-corrected chi connectivity index (χ2v) is 7.09. The minimum Gasteiger partial charge on any atom is -1.00 e. The third-order valence-corrected chi connectivity index (χ3v) is 5.43. The van der Waals surface area contributed by atoms with E-state index in [9.17, 15) is 10.2 Å². The van der Waals surface area contributed by atoms with E-state index >= 15 is 0 Å². The van der Waals surface area contributed by atoms with Crippen LogP contribution in [-0.4, -0.2) is 26.6 Å². The van der Waals surface area contributed by atoms with E-state index in [1.54, 1.807) is 6.07 Å². The zero-order valence-electron chi connectivity index (χ0n) is 25.7. The molecule has 180 valence electrons. The van der Waals surface area contributed by atoms with Crippen LogP contribution in [0.3, 0.4) is 0 Å². The van der Waals surface area contributed by atoms with E-state index in [-0.39, 0.29) is 186 Å². The van der Waals surface area contributed by atoms with E-state index < -0.39 is 6.16 Å². The first-order valence-corrected chi connectivity index (χ1v) is 9.87. The number of aromatic hydroxyl groups is 2. The molecule has 0 aliphatic heterocycles. The molecule has 0 aliphatic carbocycles. The van der Waals surface area contributed by atoms with Gasteiger partial charge in [0.25, 0.3) is 0 Å². The van der Waals surface area contributed by atoms with Crippen molar-refractivity contribution in [1.82, 2.24) is 4.91 Å². The Morgan fingerprint density at radius 3 is 1.30 bits per heavy atom. The number of para-hydroxylation sites is 1. The van der Waals surface area contributed by atoms with Gasteiger partial charge in [0.1, 0.15) is 26.9 Å². The van der Waals surface area contributed by atoms with Crippen LogP contribution in [0, 0.1) is 11.1 Å². The van der Waals surface area contributed by atoms with Crippen LogP contribution in [0.25, 0.3) is 11.1 Å². The van der Waals surface area contributed by atoms with Gasteiger partial charge >= 0.3 is 154 Å². The van der Waals surface area contributed by atoms with E-state index in [1.165, 1.54) is 0 Å². The Balaban J connectivity index is -0.0000000349. The molecular weight excluding hydrogens is 642 g/mol. The van der Waals surface area contributed by atoms with Crippen molar-refractivity contribution in [2.75, 3.05) is 0 Å². The molecule has 18 heteroatoms. The van der Waals surface area contributed by atoms with Gasteiger partial charge in [0.15, 0.2) is 5.75 Å². The van der Waals surface area contributed by atoms with Crippen molar-refractivity contribution in [2.45, 2.75) is 0 Å². The van der Waals surface area contributed by atoms with Crippen LogP contribution in [0.2, 0.25) is 25.1 Å². The van der Waals surface area contributed by atoms with Gasteiger partial charge in [-0.1, -0.05) is 107 Å². The van der Waals surface area contributed by atoms with Crippen molar-refractivity contribution >= 4 is 64.2 Å². The summed E-state index contributed by atoms with van der Waals surface area (Å²) in [5.41, 5.74) is 12.9. The minimum absolute atomic E-state index is 0. The third kappa shape index (κ3) is 20.8. The molecule has 3 aromatic rings. The summed E-state index contributed by atoms with van der Waals surface area (Å²) in [5.74, 6) is -0.0357. The second kappa shape index (κ2) is 29.8. The fourth-order valence-corrected chi connectivity index (χ4v) is 3.06.